The number of carbonyl (C=O) groups excluding carboxylic acids is 1. The van der Waals surface area contributed by atoms with Crippen LogP contribution < -0.4 is 19.5 Å². The molecule has 0 heterocycles. The van der Waals surface area contributed by atoms with E-state index in [2.05, 4.69) is 5.32 Å². The summed E-state index contributed by atoms with van der Waals surface area (Å²) in [6, 6.07) is 3.28. The second-order valence-corrected chi connectivity index (χ2v) is 5.54. The van der Waals surface area contributed by atoms with Gasteiger partial charge in [0.25, 0.3) is 5.91 Å². The highest BCUT2D eigenvalue weighted by Gasteiger charge is 2.21. The maximum absolute atomic E-state index is 12.2. The Bertz CT molecular complexity index is 503. The predicted octanol–water partition coefficient (Wildman–Crippen LogP) is 2.26. The van der Waals surface area contributed by atoms with Gasteiger partial charge in [-0.3, -0.25) is 4.79 Å². The van der Waals surface area contributed by atoms with Crippen LogP contribution in [0.2, 0.25) is 0 Å². The number of amides is 1. The summed E-state index contributed by atoms with van der Waals surface area (Å²) in [5, 5.41) is 2.87. The van der Waals surface area contributed by atoms with Crippen molar-refractivity contribution in [3.05, 3.63) is 17.7 Å². The topological polar surface area (TPSA) is 66.0 Å². The van der Waals surface area contributed by atoms with Crippen molar-refractivity contribution in [2.24, 2.45) is 5.92 Å². The van der Waals surface area contributed by atoms with Gasteiger partial charge in [-0.1, -0.05) is 0 Å². The van der Waals surface area contributed by atoms with Crippen LogP contribution in [0.1, 0.15) is 29.6 Å². The van der Waals surface area contributed by atoms with Gasteiger partial charge in [0, 0.05) is 25.3 Å². The highest BCUT2D eigenvalue weighted by Crippen LogP contribution is 2.38. The van der Waals surface area contributed by atoms with Gasteiger partial charge in [-0.05, 0) is 37.3 Å². The van der Waals surface area contributed by atoms with Crippen molar-refractivity contribution in [3.8, 4) is 17.2 Å². The van der Waals surface area contributed by atoms with E-state index in [-0.39, 0.29) is 5.91 Å². The molecule has 1 fully saturated rings. The summed E-state index contributed by atoms with van der Waals surface area (Å²) in [7, 11) is 4.58. The van der Waals surface area contributed by atoms with Gasteiger partial charge in [0.15, 0.2) is 11.5 Å². The van der Waals surface area contributed by atoms with Crippen LogP contribution in [-0.2, 0) is 4.74 Å². The van der Waals surface area contributed by atoms with Crippen LogP contribution in [0, 0.1) is 5.92 Å². The van der Waals surface area contributed by atoms with Crippen molar-refractivity contribution in [2.45, 2.75) is 19.3 Å². The summed E-state index contributed by atoms with van der Waals surface area (Å²) in [6.07, 6.45) is 3.37. The minimum Gasteiger partial charge on any atom is -0.493 e. The molecule has 1 aliphatic carbocycles. The SMILES string of the molecule is COc1cc(C(=O)NCCCOCC2CC2)cc(OC)c1OC. The largest absolute Gasteiger partial charge is 0.493 e. The van der Waals surface area contributed by atoms with Crippen molar-refractivity contribution >= 4 is 5.91 Å². The lowest BCUT2D eigenvalue weighted by Gasteiger charge is -2.14. The first-order valence-electron chi connectivity index (χ1n) is 7.85. The maximum Gasteiger partial charge on any atom is 0.251 e. The molecular weight excluding hydrogens is 298 g/mol. The Labute approximate surface area is 137 Å². The second-order valence-electron chi connectivity index (χ2n) is 5.54. The third-order valence-electron chi connectivity index (χ3n) is 3.73. The molecule has 6 heteroatoms. The molecule has 0 radical (unpaired) electrons. The summed E-state index contributed by atoms with van der Waals surface area (Å²) in [5.41, 5.74) is 0.471. The first kappa shape index (κ1) is 17.4. The summed E-state index contributed by atoms with van der Waals surface area (Å²) >= 11 is 0. The van der Waals surface area contributed by atoms with Crippen LogP contribution in [0.4, 0.5) is 0 Å². The molecule has 1 N–H and O–H groups in total. The first-order chi connectivity index (χ1) is 11.2. The molecule has 1 aromatic carbocycles. The number of hydrogen-bond acceptors (Lipinski definition) is 5. The quantitative estimate of drug-likeness (QED) is 0.669. The molecular formula is C17H25NO5. The van der Waals surface area contributed by atoms with Gasteiger partial charge in [-0.15, -0.1) is 0 Å². The summed E-state index contributed by atoms with van der Waals surface area (Å²) in [6.45, 7) is 2.09. The molecule has 0 aliphatic heterocycles. The molecule has 128 valence electrons. The zero-order valence-corrected chi connectivity index (χ0v) is 14.0. The lowest BCUT2D eigenvalue weighted by Crippen LogP contribution is -2.25. The molecule has 2 rings (SSSR count). The Morgan fingerprint density at radius 1 is 1.13 bits per heavy atom. The average molecular weight is 323 g/mol. The van der Waals surface area contributed by atoms with Crippen LogP contribution >= 0.6 is 0 Å². The minimum atomic E-state index is -0.175. The molecule has 0 atom stereocenters. The van der Waals surface area contributed by atoms with Crippen LogP contribution in [0.3, 0.4) is 0 Å². The normalized spacial score (nSPS) is 13.5. The summed E-state index contributed by atoms with van der Waals surface area (Å²) in [4.78, 5) is 12.2. The third kappa shape index (κ3) is 5.03. The van der Waals surface area contributed by atoms with Crippen LogP contribution in [0.25, 0.3) is 0 Å². The van der Waals surface area contributed by atoms with Gasteiger partial charge in [0.05, 0.1) is 21.3 Å². The molecule has 23 heavy (non-hydrogen) atoms. The van der Waals surface area contributed by atoms with E-state index >= 15 is 0 Å². The van der Waals surface area contributed by atoms with Crippen molar-refractivity contribution in [1.29, 1.82) is 0 Å². The summed E-state index contributed by atoms with van der Waals surface area (Å²) < 4.78 is 21.3. The zero-order valence-electron chi connectivity index (χ0n) is 14.0. The Balaban J connectivity index is 1.85. The first-order valence-corrected chi connectivity index (χ1v) is 7.85. The van der Waals surface area contributed by atoms with Gasteiger partial charge in [-0.2, -0.15) is 0 Å². The molecule has 0 saturated heterocycles. The number of carbonyl (C=O) groups is 1. The average Bonchev–Trinajstić information content (AvgIpc) is 3.40. The van der Waals surface area contributed by atoms with Crippen molar-refractivity contribution in [3.63, 3.8) is 0 Å². The van der Waals surface area contributed by atoms with Crippen molar-refractivity contribution < 1.29 is 23.7 Å². The van der Waals surface area contributed by atoms with Crippen molar-refractivity contribution in [1.82, 2.24) is 5.32 Å². The molecule has 0 unspecified atom stereocenters. The number of rotatable bonds is 10. The van der Waals surface area contributed by atoms with E-state index in [0.29, 0.717) is 36.0 Å². The Morgan fingerprint density at radius 2 is 1.78 bits per heavy atom. The monoisotopic (exact) mass is 323 g/mol. The molecule has 0 spiro atoms. The van der Waals surface area contributed by atoms with E-state index in [4.69, 9.17) is 18.9 Å². The maximum atomic E-state index is 12.2. The summed E-state index contributed by atoms with van der Waals surface area (Å²) in [5.74, 6) is 1.99. The minimum absolute atomic E-state index is 0.175. The molecule has 1 aliphatic rings. The van der Waals surface area contributed by atoms with Crippen LogP contribution in [0.5, 0.6) is 17.2 Å². The number of methoxy groups -OCH3 is 3. The molecule has 1 aromatic rings. The standard InChI is InChI=1S/C17H25NO5/c1-20-14-9-13(10-15(21-2)16(14)22-3)17(19)18-7-4-8-23-11-12-5-6-12/h9-10,12H,4-8,11H2,1-3H3,(H,18,19). The molecule has 1 saturated carbocycles. The van der Waals surface area contributed by atoms with Gasteiger partial charge >= 0.3 is 0 Å². The third-order valence-corrected chi connectivity index (χ3v) is 3.73. The Kier molecular flexibility index (Phi) is 6.52. The molecule has 6 nitrogen and oxygen atoms in total. The highest BCUT2D eigenvalue weighted by atomic mass is 16.5. The highest BCUT2D eigenvalue weighted by molar-refractivity contribution is 5.95. The molecule has 0 aromatic heterocycles. The zero-order chi connectivity index (χ0) is 16.7. The van der Waals surface area contributed by atoms with Gasteiger partial charge in [0.1, 0.15) is 0 Å². The van der Waals surface area contributed by atoms with E-state index in [9.17, 15) is 4.79 Å². The molecule has 0 bridgehead atoms. The molecule has 1 amide bonds. The number of nitrogens with one attached hydrogen (secondary N) is 1. The van der Waals surface area contributed by atoms with E-state index in [0.717, 1.165) is 18.9 Å². The van der Waals surface area contributed by atoms with Crippen molar-refractivity contribution in [2.75, 3.05) is 41.1 Å². The fraction of sp³-hybridized carbons (Fsp3) is 0.588. The lowest BCUT2D eigenvalue weighted by atomic mass is 10.1. The Hall–Kier alpha value is -1.95. The smallest absolute Gasteiger partial charge is 0.251 e. The van der Waals surface area contributed by atoms with Gasteiger partial charge in [0.2, 0.25) is 5.75 Å². The van der Waals surface area contributed by atoms with E-state index in [1.54, 1.807) is 12.1 Å². The van der Waals surface area contributed by atoms with E-state index in [1.165, 1.54) is 34.2 Å². The van der Waals surface area contributed by atoms with Gasteiger partial charge in [-0.25, -0.2) is 0 Å². The second kappa shape index (κ2) is 8.62. The van der Waals surface area contributed by atoms with E-state index < -0.39 is 0 Å². The lowest BCUT2D eigenvalue weighted by molar-refractivity contribution is 0.0936. The predicted molar refractivity (Wildman–Crippen MR) is 86.6 cm³/mol. The van der Waals surface area contributed by atoms with Crippen LogP contribution in [-0.4, -0.2) is 47.0 Å². The Morgan fingerprint density at radius 3 is 2.30 bits per heavy atom. The number of benzene rings is 1. The number of hydrogen-bond donors (Lipinski definition) is 1. The fourth-order valence-electron chi connectivity index (χ4n) is 2.22. The number of ether oxygens (including phenoxy) is 4. The fourth-order valence-corrected chi connectivity index (χ4v) is 2.22. The van der Waals surface area contributed by atoms with Crippen LogP contribution in [0.15, 0.2) is 12.1 Å². The van der Waals surface area contributed by atoms with E-state index in [1.807, 2.05) is 0 Å². The van der Waals surface area contributed by atoms with Gasteiger partial charge < -0.3 is 24.3 Å².